The monoisotopic (exact) mass is 737 g/mol. The molecule has 58 heavy (non-hydrogen) atoms. The highest BCUT2D eigenvalue weighted by Gasteiger charge is 2.46. The molecule has 10 aromatic carbocycles. The Morgan fingerprint density at radius 2 is 0.810 bits per heavy atom. The van der Waals surface area contributed by atoms with Gasteiger partial charge in [-0.25, -0.2) is 0 Å². The fourth-order valence-corrected chi connectivity index (χ4v) is 9.63. The lowest BCUT2D eigenvalue weighted by atomic mass is 9.67. The lowest BCUT2D eigenvalue weighted by molar-refractivity contribution is 0.768. The summed E-state index contributed by atoms with van der Waals surface area (Å²) < 4.78 is 0. The number of para-hydroxylation sites is 1. The van der Waals surface area contributed by atoms with Crippen LogP contribution in [0.2, 0.25) is 0 Å². The second-order valence-electron chi connectivity index (χ2n) is 15.2. The quantitative estimate of drug-likeness (QED) is 0.147. The van der Waals surface area contributed by atoms with E-state index < -0.39 is 5.41 Å². The molecule has 0 atom stereocenters. The predicted molar refractivity (Wildman–Crippen MR) is 244 cm³/mol. The minimum Gasteiger partial charge on any atom is -0.310 e. The molecule has 1 nitrogen and oxygen atoms in total. The number of hydrogen-bond donors (Lipinski definition) is 0. The topological polar surface area (TPSA) is 3.24 Å². The van der Waals surface area contributed by atoms with Crippen LogP contribution in [0.15, 0.2) is 237 Å². The van der Waals surface area contributed by atoms with Crippen LogP contribution in [-0.4, -0.2) is 0 Å². The second kappa shape index (κ2) is 13.9. The Balaban J connectivity index is 1.10. The van der Waals surface area contributed by atoms with Gasteiger partial charge >= 0.3 is 0 Å². The molecule has 0 heterocycles. The Morgan fingerprint density at radius 1 is 0.293 bits per heavy atom. The van der Waals surface area contributed by atoms with E-state index in [0.717, 1.165) is 17.1 Å². The summed E-state index contributed by atoms with van der Waals surface area (Å²) in [5.41, 5.74) is 15.4. The van der Waals surface area contributed by atoms with Crippen molar-refractivity contribution in [3.05, 3.63) is 259 Å². The maximum Gasteiger partial charge on any atom is 0.0714 e. The molecule has 0 bridgehead atoms. The van der Waals surface area contributed by atoms with E-state index in [-0.39, 0.29) is 0 Å². The third kappa shape index (κ3) is 5.32. The van der Waals surface area contributed by atoms with Crippen LogP contribution in [0.1, 0.15) is 22.3 Å². The Bertz CT molecular complexity index is 3040. The maximum absolute atomic E-state index is 2.44. The van der Waals surface area contributed by atoms with Crippen molar-refractivity contribution in [1.82, 2.24) is 0 Å². The molecule has 0 spiro atoms. The van der Waals surface area contributed by atoms with Crippen molar-refractivity contribution in [1.29, 1.82) is 0 Å². The third-order valence-electron chi connectivity index (χ3n) is 12.1. The van der Waals surface area contributed by atoms with E-state index in [9.17, 15) is 0 Å². The standard InChI is InChI=1S/C57H39N/c1-5-18-40(19-6-1)49-29-17-30-52-48-27-14-13-20-42(48)38-53(56(49)52)41-32-34-46(35-33-41)58(45-25-11-4-12-26-45)47-36-37-51-50-28-15-16-31-54(50)57(55(51)39-47,43-21-7-2-8-22-43)44-23-9-3-10-24-44/h1-39H. The van der Waals surface area contributed by atoms with Crippen LogP contribution in [0.4, 0.5) is 17.1 Å². The van der Waals surface area contributed by atoms with Gasteiger partial charge < -0.3 is 4.90 Å². The van der Waals surface area contributed by atoms with E-state index in [1.165, 1.54) is 77.2 Å². The molecule has 0 aromatic heterocycles. The van der Waals surface area contributed by atoms with Crippen molar-refractivity contribution in [2.45, 2.75) is 5.41 Å². The van der Waals surface area contributed by atoms with Gasteiger partial charge in [0, 0.05) is 17.1 Å². The zero-order valence-electron chi connectivity index (χ0n) is 32.0. The van der Waals surface area contributed by atoms with Crippen molar-refractivity contribution < 1.29 is 0 Å². The molecule has 0 saturated heterocycles. The third-order valence-corrected chi connectivity index (χ3v) is 12.1. The molecular formula is C57H39N. The molecule has 0 N–H and O–H groups in total. The van der Waals surface area contributed by atoms with E-state index in [2.05, 4.69) is 241 Å². The fourth-order valence-electron chi connectivity index (χ4n) is 9.63. The minimum absolute atomic E-state index is 0.482. The van der Waals surface area contributed by atoms with Gasteiger partial charge in [-0.1, -0.05) is 194 Å². The van der Waals surface area contributed by atoms with Gasteiger partial charge in [0.25, 0.3) is 0 Å². The van der Waals surface area contributed by atoms with Crippen molar-refractivity contribution in [3.8, 4) is 33.4 Å². The molecule has 0 fully saturated rings. The number of fused-ring (bicyclic) bond motifs is 6. The summed E-state index contributed by atoms with van der Waals surface area (Å²) in [4.78, 5) is 2.40. The normalized spacial score (nSPS) is 12.6. The first-order chi connectivity index (χ1) is 28.8. The Kier molecular flexibility index (Phi) is 8.12. The molecule has 0 unspecified atom stereocenters. The molecule has 1 aliphatic carbocycles. The highest BCUT2D eigenvalue weighted by Crippen LogP contribution is 2.57. The van der Waals surface area contributed by atoms with E-state index in [1.807, 2.05) is 0 Å². The average molecular weight is 738 g/mol. The van der Waals surface area contributed by atoms with Gasteiger partial charge in [0.05, 0.1) is 5.41 Å². The number of nitrogens with zero attached hydrogens (tertiary/aromatic N) is 1. The maximum atomic E-state index is 2.44. The van der Waals surface area contributed by atoms with E-state index in [0.29, 0.717) is 0 Å². The van der Waals surface area contributed by atoms with Crippen molar-refractivity contribution in [2.75, 3.05) is 4.90 Å². The van der Waals surface area contributed by atoms with Gasteiger partial charge in [-0.15, -0.1) is 0 Å². The number of anilines is 3. The molecule has 1 heteroatoms. The molecule has 1 aliphatic rings. The molecule has 272 valence electrons. The summed E-state index contributed by atoms with van der Waals surface area (Å²) in [5.74, 6) is 0. The molecule has 0 amide bonds. The highest BCUT2D eigenvalue weighted by molar-refractivity contribution is 6.18. The van der Waals surface area contributed by atoms with Gasteiger partial charge in [-0.2, -0.15) is 0 Å². The summed E-state index contributed by atoms with van der Waals surface area (Å²) in [6, 6.07) is 86.7. The Labute approximate surface area is 339 Å². The molecule has 0 radical (unpaired) electrons. The molecular weight excluding hydrogens is 699 g/mol. The first-order valence-corrected chi connectivity index (χ1v) is 20.1. The van der Waals surface area contributed by atoms with Crippen LogP contribution in [-0.2, 0) is 5.41 Å². The van der Waals surface area contributed by atoms with Crippen LogP contribution in [0, 0.1) is 0 Å². The van der Waals surface area contributed by atoms with Crippen LogP contribution in [0.3, 0.4) is 0 Å². The summed E-state index contributed by atoms with van der Waals surface area (Å²) in [6.07, 6.45) is 0. The largest absolute Gasteiger partial charge is 0.310 e. The van der Waals surface area contributed by atoms with Gasteiger partial charge in [0.2, 0.25) is 0 Å². The first-order valence-electron chi connectivity index (χ1n) is 20.1. The first kappa shape index (κ1) is 33.8. The number of benzene rings is 10. The van der Waals surface area contributed by atoms with Crippen LogP contribution in [0.25, 0.3) is 54.9 Å². The fraction of sp³-hybridized carbons (Fsp3) is 0.0175. The predicted octanol–water partition coefficient (Wildman–Crippen LogP) is 15.2. The van der Waals surface area contributed by atoms with E-state index in [1.54, 1.807) is 0 Å². The zero-order valence-corrected chi connectivity index (χ0v) is 32.0. The summed E-state index contributed by atoms with van der Waals surface area (Å²) in [7, 11) is 0. The Morgan fingerprint density at radius 3 is 1.53 bits per heavy atom. The van der Waals surface area contributed by atoms with E-state index in [4.69, 9.17) is 0 Å². The summed E-state index contributed by atoms with van der Waals surface area (Å²) in [5, 5.41) is 5.05. The molecule has 10 aromatic rings. The van der Waals surface area contributed by atoms with Crippen molar-refractivity contribution >= 4 is 38.6 Å². The van der Waals surface area contributed by atoms with Gasteiger partial charge in [0.15, 0.2) is 0 Å². The number of rotatable bonds is 7. The smallest absolute Gasteiger partial charge is 0.0714 e. The summed E-state index contributed by atoms with van der Waals surface area (Å²) in [6.45, 7) is 0. The molecule has 0 saturated carbocycles. The minimum atomic E-state index is -0.482. The lowest BCUT2D eigenvalue weighted by Gasteiger charge is -2.35. The van der Waals surface area contributed by atoms with Gasteiger partial charge in [0.1, 0.15) is 0 Å². The molecule has 11 rings (SSSR count). The van der Waals surface area contributed by atoms with E-state index >= 15 is 0 Å². The Hall–Kier alpha value is -7.48. The SMILES string of the molecule is c1ccc(-c2cccc3c2c(-c2ccc(N(c4ccccc4)c4ccc5c(c4)C(c4ccccc4)(c4ccccc4)c4ccccc4-5)cc2)cc2ccccc23)cc1. The summed E-state index contributed by atoms with van der Waals surface area (Å²) >= 11 is 0. The van der Waals surface area contributed by atoms with Crippen molar-refractivity contribution in [2.24, 2.45) is 0 Å². The van der Waals surface area contributed by atoms with Gasteiger partial charge in [-0.3, -0.25) is 0 Å². The average Bonchev–Trinajstić information content (AvgIpc) is 3.60. The van der Waals surface area contributed by atoms with Crippen molar-refractivity contribution in [3.63, 3.8) is 0 Å². The van der Waals surface area contributed by atoms with Crippen LogP contribution >= 0.6 is 0 Å². The zero-order chi connectivity index (χ0) is 38.5. The molecule has 0 aliphatic heterocycles. The highest BCUT2D eigenvalue weighted by atomic mass is 15.1. The van der Waals surface area contributed by atoms with Crippen LogP contribution < -0.4 is 4.90 Å². The van der Waals surface area contributed by atoms with Gasteiger partial charge in [-0.05, 0) is 120 Å². The van der Waals surface area contributed by atoms with Crippen LogP contribution in [0.5, 0.6) is 0 Å². The second-order valence-corrected chi connectivity index (χ2v) is 15.2. The number of hydrogen-bond acceptors (Lipinski definition) is 1. The lowest BCUT2D eigenvalue weighted by Crippen LogP contribution is -2.28.